The fourth-order valence-electron chi connectivity index (χ4n) is 2.38. The van der Waals surface area contributed by atoms with Crippen molar-refractivity contribution in [3.05, 3.63) is 0 Å². The lowest BCUT2D eigenvalue weighted by molar-refractivity contribution is -0.142. The second-order valence-corrected chi connectivity index (χ2v) is 5.67. The monoisotopic (exact) mass is 272 g/mol. The normalized spacial score (nSPS) is 14.5. The number of aliphatic hydroxyl groups is 1. The molecule has 0 bridgehead atoms. The van der Waals surface area contributed by atoms with Gasteiger partial charge in [0.1, 0.15) is 0 Å². The van der Waals surface area contributed by atoms with Gasteiger partial charge in [-0.15, -0.1) is 0 Å². The highest BCUT2D eigenvalue weighted by molar-refractivity contribution is 4.58. The van der Waals surface area contributed by atoms with Gasteiger partial charge >= 0.3 is 0 Å². The van der Waals surface area contributed by atoms with E-state index in [-0.39, 0.29) is 6.10 Å². The predicted octanol–water partition coefficient (Wildman–Crippen LogP) is 5.43. The molecule has 19 heavy (non-hydrogen) atoms. The van der Waals surface area contributed by atoms with Gasteiger partial charge in [-0.25, -0.2) is 0 Å². The molecular formula is C17H36O2. The number of aliphatic hydroxyl groups excluding tert-OH is 1. The van der Waals surface area contributed by atoms with Crippen LogP contribution in [0.4, 0.5) is 0 Å². The van der Waals surface area contributed by atoms with Gasteiger partial charge in [0.2, 0.25) is 0 Å². The molecular weight excluding hydrogens is 236 g/mol. The molecule has 116 valence electrons. The van der Waals surface area contributed by atoms with Gasteiger partial charge in [-0.1, -0.05) is 72.1 Å². The zero-order chi connectivity index (χ0) is 14.3. The van der Waals surface area contributed by atoms with Crippen LogP contribution < -0.4 is 0 Å². The van der Waals surface area contributed by atoms with E-state index in [4.69, 9.17) is 4.74 Å². The van der Waals surface area contributed by atoms with Crippen molar-refractivity contribution in [1.82, 2.24) is 0 Å². The zero-order valence-electron chi connectivity index (χ0n) is 13.5. The summed E-state index contributed by atoms with van der Waals surface area (Å²) in [5.74, 6) is 0. The Hall–Kier alpha value is -0.0800. The Morgan fingerprint density at radius 2 is 1.26 bits per heavy atom. The van der Waals surface area contributed by atoms with Crippen LogP contribution in [0, 0.1) is 0 Å². The molecule has 0 aliphatic rings. The van der Waals surface area contributed by atoms with Gasteiger partial charge in [-0.3, -0.25) is 0 Å². The summed E-state index contributed by atoms with van der Waals surface area (Å²) in [5.41, 5.74) is 0. The van der Waals surface area contributed by atoms with Gasteiger partial charge in [0.05, 0.1) is 6.10 Å². The molecule has 0 heterocycles. The van der Waals surface area contributed by atoms with Crippen LogP contribution in [0.1, 0.15) is 97.8 Å². The third kappa shape index (κ3) is 12.7. The van der Waals surface area contributed by atoms with Crippen LogP contribution in [-0.4, -0.2) is 17.5 Å². The van der Waals surface area contributed by atoms with E-state index >= 15 is 0 Å². The topological polar surface area (TPSA) is 29.5 Å². The third-order valence-corrected chi connectivity index (χ3v) is 3.74. The van der Waals surface area contributed by atoms with Crippen LogP contribution in [0.5, 0.6) is 0 Å². The largest absolute Gasteiger partial charge is 0.368 e. The standard InChI is InChI=1S/C17H36O2/c1-4-7-9-10-11-13-15-17(18)19-16(6-3)14-12-8-5-2/h16-18H,4-15H2,1-3H3. The van der Waals surface area contributed by atoms with Crippen LogP contribution in [0.25, 0.3) is 0 Å². The summed E-state index contributed by atoms with van der Waals surface area (Å²) in [4.78, 5) is 0. The van der Waals surface area contributed by atoms with Gasteiger partial charge in [0.15, 0.2) is 6.29 Å². The molecule has 0 radical (unpaired) electrons. The number of hydrogen-bond acceptors (Lipinski definition) is 2. The zero-order valence-corrected chi connectivity index (χ0v) is 13.5. The molecule has 2 atom stereocenters. The highest BCUT2D eigenvalue weighted by atomic mass is 16.6. The molecule has 0 rings (SSSR count). The molecule has 2 unspecified atom stereocenters. The number of rotatable bonds is 14. The first-order chi connectivity index (χ1) is 9.24. The summed E-state index contributed by atoms with van der Waals surface area (Å²) in [6.45, 7) is 6.60. The van der Waals surface area contributed by atoms with E-state index in [1.54, 1.807) is 0 Å². The lowest BCUT2D eigenvalue weighted by Crippen LogP contribution is -2.21. The first-order valence-electron chi connectivity index (χ1n) is 8.58. The quantitative estimate of drug-likeness (QED) is 0.337. The molecule has 1 N–H and O–H groups in total. The molecule has 0 saturated heterocycles. The highest BCUT2D eigenvalue weighted by Gasteiger charge is 2.12. The van der Waals surface area contributed by atoms with Crippen molar-refractivity contribution in [2.75, 3.05) is 0 Å². The Balaban J connectivity index is 3.50. The molecule has 0 aromatic heterocycles. The molecule has 0 saturated carbocycles. The summed E-state index contributed by atoms with van der Waals surface area (Å²) in [5, 5.41) is 9.89. The molecule has 2 nitrogen and oxygen atoms in total. The van der Waals surface area contributed by atoms with Gasteiger partial charge in [-0.2, -0.15) is 0 Å². The van der Waals surface area contributed by atoms with Crippen LogP contribution in [0.15, 0.2) is 0 Å². The van der Waals surface area contributed by atoms with Gasteiger partial charge in [0.25, 0.3) is 0 Å². The minimum atomic E-state index is -0.544. The summed E-state index contributed by atoms with van der Waals surface area (Å²) < 4.78 is 5.73. The smallest absolute Gasteiger partial charge is 0.154 e. The van der Waals surface area contributed by atoms with Crippen LogP contribution in [0.3, 0.4) is 0 Å². The van der Waals surface area contributed by atoms with Crippen molar-refractivity contribution in [3.63, 3.8) is 0 Å². The number of unbranched alkanes of at least 4 members (excludes halogenated alkanes) is 7. The van der Waals surface area contributed by atoms with Crippen molar-refractivity contribution in [2.24, 2.45) is 0 Å². The van der Waals surface area contributed by atoms with Crippen LogP contribution >= 0.6 is 0 Å². The van der Waals surface area contributed by atoms with Crippen molar-refractivity contribution in [2.45, 2.75) is 110 Å². The molecule has 0 fully saturated rings. The molecule has 0 aromatic rings. The van der Waals surface area contributed by atoms with E-state index in [1.165, 1.54) is 51.4 Å². The number of hydrogen-bond donors (Lipinski definition) is 1. The lowest BCUT2D eigenvalue weighted by Gasteiger charge is -2.20. The maximum absolute atomic E-state index is 9.89. The summed E-state index contributed by atoms with van der Waals surface area (Å²) in [6.07, 6.45) is 13.9. The summed E-state index contributed by atoms with van der Waals surface area (Å²) in [6, 6.07) is 0. The predicted molar refractivity (Wildman–Crippen MR) is 83.3 cm³/mol. The second kappa shape index (κ2) is 14.3. The van der Waals surface area contributed by atoms with E-state index < -0.39 is 6.29 Å². The molecule has 0 aromatic carbocycles. The van der Waals surface area contributed by atoms with Gasteiger partial charge in [-0.05, 0) is 25.7 Å². The van der Waals surface area contributed by atoms with Gasteiger partial charge in [0, 0.05) is 0 Å². The van der Waals surface area contributed by atoms with E-state index in [2.05, 4.69) is 20.8 Å². The Bertz CT molecular complexity index is 171. The van der Waals surface area contributed by atoms with Crippen LogP contribution in [0.2, 0.25) is 0 Å². The Kier molecular flexibility index (Phi) is 14.3. The Morgan fingerprint density at radius 1 is 0.737 bits per heavy atom. The highest BCUT2D eigenvalue weighted by Crippen LogP contribution is 2.15. The molecule has 0 spiro atoms. The fourth-order valence-corrected chi connectivity index (χ4v) is 2.38. The first-order valence-corrected chi connectivity index (χ1v) is 8.58. The van der Waals surface area contributed by atoms with E-state index in [9.17, 15) is 5.11 Å². The van der Waals surface area contributed by atoms with Crippen molar-refractivity contribution < 1.29 is 9.84 Å². The fraction of sp³-hybridized carbons (Fsp3) is 1.00. The number of ether oxygens (including phenoxy) is 1. The average molecular weight is 272 g/mol. The second-order valence-electron chi connectivity index (χ2n) is 5.67. The minimum absolute atomic E-state index is 0.252. The summed E-state index contributed by atoms with van der Waals surface area (Å²) in [7, 11) is 0. The Labute approximate surface area is 120 Å². The first kappa shape index (κ1) is 18.9. The molecule has 0 aliphatic heterocycles. The third-order valence-electron chi connectivity index (χ3n) is 3.74. The van der Waals surface area contributed by atoms with Crippen LogP contribution in [-0.2, 0) is 4.74 Å². The maximum Gasteiger partial charge on any atom is 0.154 e. The lowest BCUT2D eigenvalue weighted by atomic mass is 10.1. The Morgan fingerprint density at radius 3 is 1.89 bits per heavy atom. The van der Waals surface area contributed by atoms with E-state index in [1.807, 2.05) is 0 Å². The minimum Gasteiger partial charge on any atom is -0.368 e. The van der Waals surface area contributed by atoms with Crippen molar-refractivity contribution in [1.29, 1.82) is 0 Å². The summed E-state index contributed by atoms with van der Waals surface area (Å²) >= 11 is 0. The average Bonchev–Trinajstić information content (AvgIpc) is 2.41. The van der Waals surface area contributed by atoms with E-state index in [0.717, 1.165) is 25.7 Å². The molecule has 2 heteroatoms. The molecule has 0 amide bonds. The van der Waals surface area contributed by atoms with Crippen molar-refractivity contribution >= 4 is 0 Å². The maximum atomic E-state index is 9.89. The van der Waals surface area contributed by atoms with E-state index in [0.29, 0.717) is 0 Å². The van der Waals surface area contributed by atoms with Crippen molar-refractivity contribution in [3.8, 4) is 0 Å². The SMILES string of the molecule is CCCCCCCCC(O)OC(CC)CCCCC. The molecule has 0 aliphatic carbocycles. The van der Waals surface area contributed by atoms with Gasteiger partial charge < -0.3 is 9.84 Å².